The van der Waals surface area contributed by atoms with Crippen LogP contribution in [0.25, 0.3) is 0 Å². The summed E-state index contributed by atoms with van der Waals surface area (Å²) in [4.78, 5) is 23.9. The predicted octanol–water partition coefficient (Wildman–Crippen LogP) is 4.29. The fraction of sp³-hybridized carbons (Fsp3) is 0.889. The number of carboxylic acid groups (broad SMARTS) is 2. The Hall–Kier alpha value is -1.06. The molecule has 0 saturated heterocycles. The third-order valence-electron chi connectivity index (χ3n) is 5.74. The number of carboxylic acids is 2. The first-order valence-electron chi connectivity index (χ1n) is 8.63. The largest absolute Gasteiger partial charge is 0.481 e. The summed E-state index contributed by atoms with van der Waals surface area (Å²) in [6.07, 6.45) is 3.13. The zero-order chi connectivity index (χ0) is 17.1. The van der Waals surface area contributed by atoms with Crippen molar-refractivity contribution < 1.29 is 19.8 Å². The van der Waals surface area contributed by atoms with E-state index in [9.17, 15) is 19.8 Å². The molecule has 2 N–H and O–H groups in total. The van der Waals surface area contributed by atoms with Gasteiger partial charge in [-0.05, 0) is 42.9 Å². The molecule has 1 rings (SSSR count). The molecule has 0 aromatic heterocycles. The Balaban J connectivity index is 3.26. The first kappa shape index (κ1) is 19.0. The highest BCUT2D eigenvalue weighted by atomic mass is 16.4. The zero-order valence-electron chi connectivity index (χ0n) is 14.6. The molecule has 0 aliphatic heterocycles. The van der Waals surface area contributed by atoms with Gasteiger partial charge in [0.2, 0.25) is 0 Å². The van der Waals surface area contributed by atoms with Crippen LogP contribution in [0.5, 0.6) is 0 Å². The van der Waals surface area contributed by atoms with E-state index in [1.165, 1.54) is 0 Å². The van der Waals surface area contributed by atoms with Crippen LogP contribution in [-0.2, 0) is 9.59 Å². The summed E-state index contributed by atoms with van der Waals surface area (Å²) in [5, 5.41) is 19.6. The lowest BCUT2D eigenvalue weighted by Crippen LogP contribution is -2.51. The molecule has 4 atom stereocenters. The summed E-state index contributed by atoms with van der Waals surface area (Å²) in [5.41, 5.74) is -1.10. The van der Waals surface area contributed by atoms with Crippen LogP contribution in [0.15, 0.2) is 0 Å². The minimum absolute atomic E-state index is 0.281. The van der Waals surface area contributed by atoms with Gasteiger partial charge in [-0.2, -0.15) is 0 Å². The SMILES string of the molecule is CCCC[C@]1(C(=O)O)CC(C(C)C)C(C(C)C)C[C@H]1C(=O)O. The number of unbranched alkanes of at least 4 members (excludes halogenated alkanes) is 1. The van der Waals surface area contributed by atoms with Gasteiger partial charge in [0.15, 0.2) is 0 Å². The first-order chi connectivity index (χ1) is 10.2. The van der Waals surface area contributed by atoms with E-state index in [0.29, 0.717) is 31.1 Å². The molecule has 0 heterocycles. The van der Waals surface area contributed by atoms with Crippen LogP contribution >= 0.6 is 0 Å². The number of hydrogen-bond acceptors (Lipinski definition) is 2. The second-order valence-electron chi connectivity index (χ2n) is 7.71. The van der Waals surface area contributed by atoms with Gasteiger partial charge in [0.1, 0.15) is 0 Å². The molecule has 0 amide bonds. The molecule has 2 unspecified atom stereocenters. The average Bonchev–Trinajstić information content (AvgIpc) is 2.43. The molecule has 0 aromatic carbocycles. The van der Waals surface area contributed by atoms with E-state index in [4.69, 9.17) is 0 Å². The average molecular weight is 312 g/mol. The van der Waals surface area contributed by atoms with E-state index < -0.39 is 23.3 Å². The van der Waals surface area contributed by atoms with E-state index >= 15 is 0 Å². The van der Waals surface area contributed by atoms with Crippen molar-refractivity contribution in [1.29, 1.82) is 0 Å². The van der Waals surface area contributed by atoms with Gasteiger partial charge in [-0.15, -0.1) is 0 Å². The molecule has 22 heavy (non-hydrogen) atoms. The summed E-state index contributed by atoms with van der Waals surface area (Å²) in [6, 6.07) is 0. The van der Waals surface area contributed by atoms with Crippen LogP contribution in [0, 0.1) is 35.0 Å². The Morgan fingerprint density at radius 2 is 1.64 bits per heavy atom. The van der Waals surface area contributed by atoms with Gasteiger partial charge < -0.3 is 10.2 Å². The maximum atomic E-state index is 12.1. The molecular formula is C18H32O4. The maximum absolute atomic E-state index is 12.1. The fourth-order valence-electron chi connectivity index (χ4n) is 4.33. The lowest BCUT2D eigenvalue weighted by molar-refractivity contribution is -0.173. The Morgan fingerprint density at radius 3 is 2.00 bits per heavy atom. The van der Waals surface area contributed by atoms with Gasteiger partial charge in [0.05, 0.1) is 11.3 Å². The number of aliphatic carboxylic acids is 2. The summed E-state index contributed by atoms with van der Waals surface area (Å²) in [6.45, 7) is 10.5. The highest BCUT2D eigenvalue weighted by Crippen LogP contribution is 2.53. The highest BCUT2D eigenvalue weighted by molar-refractivity contribution is 5.83. The molecule has 0 radical (unpaired) electrons. The van der Waals surface area contributed by atoms with Crippen LogP contribution in [0.1, 0.15) is 66.7 Å². The van der Waals surface area contributed by atoms with Crippen molar-refractivity contribution in [2.75, 3.05) is 0 Å². The van der Waals surface area contributed by atoms with Crippen molar-refractivity contribution >= 4 is 11.9 Å². The molecular weight excluding hydrogens is 280 g/mol. The second-order valence-corrected chi connectivity index (χ2v) is 7.71. The summed E-state index contributed by atoms with van der Waals surface area (Å²) >= 11 is 0. The van der Waals surface area contributed by atoms with Crippen molar-refractivity contribution in [2.24, 2.45) is 35.0 Å². The van der Waals surface area contributed by atoms with E-state index in [1.807, 2.05) is 6.92 Å². The molecule has 1 fully saturated rings. The van der Waals surface area contributed by atoms with Gasteiger partial charge in [-0.1, -0.05) is 47.5 Å². The van der Waals surface area contributed by atoms with E-state index in [2.05, 4.69) is 27.7 Å². The van der Waals surface area contributed by atoms with Gasteiger partial charge in [-0.3, -0.25) is 9.59 Å². The van der Waals surface area contributed by atoms with Crippen LogP contribution < -0.4 is 0 Å². The number of hydrogen-bond donors (Lipinski definition) is 2. The third kappa shape index (κ3) is 3.64. The zero-order valence-corrected chi connectivity index (χ0v) is 14.6. The first-order valence-corrected chi connectivity index (χ1v) is 8.63. The lowest BCUT2D eigenvalue weighted by atomic mass is 9.54. The van der Waals surface area contributed by atoms with E-state index in [-0.39, 0.29) is 11.8 Å². The van der Waals surface area contributed by atoms with Gasteiger partial charge in [-0.25, -0.2) is 0 Å². The Morgan fingerprint density at radius 1 is 1.09 bits per heavy atom. The fourth-order valence-corrected chi connectivity index (χ4v) is 4.33. The topological polar surface area (TPSA) is 74.6 Å². The normalized spacial score (nSPS) is 32.4. The minimum atomic E-state index is -1.10. The van der Waals surface area contributed by atoms with Crippen LogP contribution in [0.4, 0.5) is 0 Å². The van der Waals surface area contributed by atoms with Gasteiger partial charge in [0.25, 0.3) is 0 Å². The van der Waals surface area contributed by atoms with Crippen LogP contribution in [-0.4, -0.2) is 22.2 Å². The Bertz CT molecular complexity index is 402. The Kier molecular flexibility index (Phi) is 6.45. The van der Waals surface area contributed by atoms with Crippen molar-refractivity contribution in [3.05, 3.63) is 0 Å². The molecule has 0 bridgehead atoms. The smallest absolute Gasteiger partial charge is 0.310 e. The summed E-state index contributed by atoms with van der Waals surface area (Å²) in [5.74, 6) is -1.29. The van der Waals surface area contributed by atoms with Crippen molar-refractivity contribution in [3.63, 3.8) is 0 Å². The maximum Gasteiger partial charge on any atom is 0.310 e. The van der Waals surface area contributed by atoms with E-state index in [0.717, 1.165) is 12.8 Å². The van der Waals surface area contributed by atoms with E-state index in [1.54, 1.807) is 0 Å². The van der Waals surface area contributed by atoms with Crippen molar-refractivity contribution in [2.45, 2.75) is 66.7 Å². The molecule has 4 nitrogen and oxygen atoms in total. The number of rotatable bonds is 7. The monoisotopic (exact) mass is 312 g/mol. The van der Waals surface area contributed by atoms with Gasteiger partial charge in [0, 0.05) is 0 Å². The summed E-state index contributed by atoms with van der Waals surface area (Å²) in [7, 11) is 0. The lowest BCUT2D eigenvalue weighted by Gasteiger charge is -2.49. The van der Waals surface area contributed by atoms with Crippen LogP contribution in [0.2, 0.25) is 0 Å². The minimum Gasteiger partial charge on any atom is -0.481 e. The predicted molar refractivity (Wildman–Crippen MR) is 86.6 cm³/mol. The summed E-state index contributed by atoms with van der Waals surface area (Å²) < 4.78 is 0. The molecule has 4 heteroatoms. The second kappa shape index (κ2) is 7.47. The molecule has 0 aromatic rings. The van der Waals surface area contributed by atoms with Gasteiger partial charge >= 0.3 is 11.9 Å². The number of carbonyl (C=O) groups is 2. The standard InChI is InChI=1S/C18H32O4/c1-6-7-8-18(17(21)22)10-14(12(4)5)13(11(2)3)9-15(18)16(19)20/h11-15H,6-10H2,1-5H3,(H,19,20)(H,21,22)/t13?,14?,15-,18-/m0/s1. The highest BCUT2D eigenvalue weighted by Gasteiger charge is 2.55. The van der Waals surface area contributed by atoms with Crippen molar-refractivity contribution in [3.8, 4) is 0 Å². The molecule has 1 saturated carbocycles. The molecule has 1 aliphatic carbocycles. The quantitative estimate of drug-likeness (QED) is 0.735. The molecule has 128 valence electrons. The van der Waals surface area contributed by atoms with Crippen molar-refractivity contribution in [1.82, 2.24) is 0 Å². The third-order valence-corrected chi connectivity index (χ3v) is 5.74. The molecule has 1 aliphatic rings. The molecule has 0 spiro atoms. The Labute approximate surface area is 134 Å². The van der Waals surface area contributed by atoms with Crippen LogP contribution in [0.3, 0.4) is 0 Å².